The van der Waals surface area contributed by atoms with E-state index in [1.165, 1.54) is 0 Å². The van der Waals surface area contributed by atoms with Gasteiger partial charge in [-0.3, -0.25) is 0 Å². The van der Waals surface area contributed by atoms with E-state index < -0.39 is 0 Å². The van der Waals surface area contributed by atoms with Crippen molar-refractivity contribution >= 4 is 16.8 Å². The van der Waals surface area contributed by atoms with E-state index in [9.17, 15) is 4.79 Å². The maximum Gasteiger partial charge on any atom is 0.317 e. The van der Waals surface area contributed by atoms with E-state index in [4.69, 9.17) is 4.74 Å². The van der Waals surface area contributed by atoms with Gasteiger partial charge in [-0.2, -0.15) is 0 Å². The van der Waals surface area contributed by atoms with Crippen LogP contribution in [0.1, 0.15) is 30.8 Å². The maximum atomic E-state index is 12.5. The number of fused-ring (bicyclic) bond motifs is 1. The molecule has 0 radical (unpaired) electrons. The predicted octanol–water partition coefficient (Wildman–Crippen LogP) is 3.92. The smallest absolute Gasteiger partial charge is 0.317 e. The summed E-state index contributed by atoms with van der Waals surface area (Å²) < 4.78 is 7.28. The minimum Gasteiger partial charge on any atom is -0.497 e. The zero-order valence-electron chi connectivity index (χ0n) is 17.0. The van der Waals surface area contributed by atoms with Crippen LogP contribution in [0, 0.1) is 0 Å². The molecule has 0 saturated heterocycles. The van der Waals surface area contributed by atoms with Gasteiger partial charge in [-0.05, 0) is 47.9 Å². The Morgan fingerprint density at radius 1 is 1.25 bits per heavy atom. The molecule has 0 bridgehead atoms. The van der Waals surface area contributed by atoms with E-state index in [1.54, 1.807) is 18.2 Å². The third-order valence-electron chi connectivity index (χ3n) is 5.07. The van der Waals surface area contributed by atoms with Crippen molar-refractivity contribution in [2.24, 2.45) is 7.05 Å². The number of benzene rings is 2. The first kappa shape index (κ1) is 19.7. The molecule has 6 nitrogen and oxygen atoms in total. The van der Waals surface area contributed by atoms with Gasteiger partial charge in [0, 0.05) is 39.5 Å². The third kappa shape index (κ3) is 4.63. The fraction of sp³-hybridized carbons (Fsp3) is 0.364. The van der Waals surface area contributed by atoms with Gasteiger partial charge in [-0.1, -0.05) is 18.2 Å². The van der Waals surface area contributed by atoms with Gasteiger partial charge in [-0.25, -0.2) is 9.78 Å². The topological polar surface area (TPSA) is 59.4 Å². The van der Waals surface area contributed by atoms with Crippen LogP contribution in [0.25, 0.3) is 10.8 Å². The molecule has 0 saturated carbocycles. The molecule has 2 amide bonds. The summed E-state index contributed by atoms with van der Waals surface area (Å²) in [6.45, 7) is 2.69. The van der Waals surface area contributed by atoms with E-state index in [2.05, 4.69) is 22.4 Å². The Hall–Kier alpha value is -3.02. The Morgan fingerprint density at radius 2 is 2.00 bits per heavy atom. The number of imidazole rings is 1. The largest absolute Gasteiger partial charge is 0.497 e. The second-order valence-electron chi connectivity index (χ2n) is 7.12. The van der Waals surface area contributed by atoms with Crippen LogP contribution in [-0.2, 0) is 13.5 Å². The van der Waals surface area contributed by atoms with E-state index in [-0.39, 0.29) is 12.1 Å². The zero-order chi connectivity index (χ0) is 20.1. The molecule has 0 unspecified atom stereocenters. The standard InChI is InChI=1S/C22H28N4O2/c1-16(17-7-8-19-15-20(28-4)10-9-18(19)14-17)24-22(27)26(3)12-5-6-21-23-11-13-25(21)2/h7-11,13-16H,5-6,12H2,1-4H3,(H,24,27)/t16-/m1/s1. The van der Waals surface area contributed by atoms with Crippen molar-refractivity contribution in [3.63, 3.8) is 0 Å². The molecule has 0 fully saturated rings. The molecule has 3 rings (SSSR count). The van der Waals surface area contributed by atoms with E-state index in [0.717, 1.165) is 40.8 Å². The predicted molar refractivity (Wildman–Crippen MR) is 112 cm³/mol. The van der Waals surface area contributed by atoms with E-state index in [1.807, 2.05) is 56.0 Å². The molecular formula is C22H28N4O2. The van der Waals surface area contributed by atoms with Crippen LogP contribution >= 0.6 is 0 Å². The average Bonchev–Trinajstić information content (AvgIpc) is 3.11. The number of methoxy groups -OCH3 is 1. The Balaban J connectivity index is 1.55. The number of aryl methyl sites for hydroxylation is 2. The third-order valence-corrected chi connectivity index (χ3v) is 5.07. The highest BCUT2D eigenvalue weighted by Gasteiger charge is 2.14. The van der Waals surface area contributed by atoms with Crippen molar-refractivity contribution in [2.45, 2.75) is 25.8 Å². The van der Waals surface area contributed by atoms with Gasteiger partial charge in [-0.15, -0.1) is 0 Å². The Labute approximate surface area is 166 Å². The van der Waals surface area contributed by atoms with Crippen molar-refractivity contribution in [1.82, 2.24) is 19.8 Å². The first-order chi connectivity index (χ1) is 13.5. The fourth-order valence-electron chi connectivity index (χ4n) is 3.23. The molecule has 0 spiro atoms. The summed E-state index contributed by atoms with van der Waals surface area (Å²) in [5.74, 6) is 1.88. The molecular weight excluding hydrogens is 352 g/mol. The molecule has 0 aliphatic heterocycles. The Bertz CT molecular complexity index is 951. The van der Waals surface area contributed by atoms with Gasteiger partial charge in [0.15, 0.2) is 0 Å². The van der Waals surface area contributed by atoms with Crippen LogP contribution in [0.4, 0.5) is 4.79 Å². The molecule has 1 heterocycles. The minimum absolute atomic E-state index is 0.0674. The zero-order valence-corrected chi connectivity index (χ0v) is 17.0. The number of rotatable bonds is 7. The number of carbonyl (C=O) groups excluding carboxylic acids is 1. The number of urea groups is 1. The lowest BCUT2D eigenvalue weighted by molar-refractivity contribution is 0.205. The SMILES string of the molecule is COc1ccc2cc([C@@H](C)NC(=O)N(C)CCCc3nccn3C)ccc2c1. The molecule has 1 atom stereocenters. The van der Waals surface area contributed by atoms with E-state index >= 15 is 0 Å². The number of nitrogens with one attached hydrogen (secondary N) is 1. The van der Waals surface area contributed by atoms with Crippen LogP contribution in [0.5, 0.6) is 5.75 Å². The summed E-state index contributed by atoms with van der Waals surface area (Å²) in [4.78, 5) is 18.6. The van der Waals surface area contributed by atoms with Gasteiger partial charge < -0.3 is 19.5 Å². The van der Waals surface area contributed by atoms with Gasteiger partial charge in [0.05, 0.1) is 13.2 Å². The van der Waals surface area contributed by atoms with Crippen molar-refractivity contribution in [3.8, 4) is 5.75 Å². The number of aromatic nitrogens is 2. The lowest BCUT2D eigenvalue weighted by Crippen LogP contribution is -2.39. The summed E-state index contributed by atoms with van der Waals surface area (Å²) in [5, 5.41) is 5.33. The number of amides is 2. The number of ether oxygens (including phenoxy) is 1. The van der Waals surface area contributed by atoms with Crippen molar-refractivity contribution in [1.29, 1.82) is 0 Å². The van der Waals surface area contributed by atoms with E-state index in [0.29, 0.717) is 6.54 Å². The molecule has 28 heavy (non-hydrogen) atoms. The van der Waals surface area contributed by atoms with Crippen molar-refractivity contribution in [3.05, 3.63) is 60.2 Å². The normalized spacial score (nSPS) is 12.0. The highest BCUT2D eigenvalue weighted by Crippen LogP contribution is 2.24. The Kier molecular flexibility index (Phi) is 6.19. The van der Waals surface area contributed by atoms with Gasteiger partial charge in [0.1, 0.15) is 11.6 Å². The molecule has 0 aliphatic carbocycles. The highest BCUT2D eigenvalue weighted by molar-refractivity contribution is 5.85. The van der Waals surface area contributed by atoms with Crippen molar-refractivity contribution < 1.29 is 9.53 Å². The average molecular weight is 380 g/mol. The summed E-state index contributed by atoms with van der Waals surface area (Å²) in [6, 6.07) is 12.1. The Morgan fingerprint density at radius 3 is 2.71 bits per heavy atom. The van der Waals surface area contributed by atoms with Gasteiger partial charge in [0.2, 0.25) is 0 Å². The monoisotopic (exact) mass is 380 g/mol. The summed E-state index contributed by atoms with van der Waals surface area (Å²) in [5.41, 5.74) is 1.08. The summed E-state index contributed by atoms with van der Waals surface area (Å²) in [7, 11) is 5.48. The molecule has 1 aromatic heterocycles. The number of nitrogens with zero attached hydrogens (tertiary/aromatic N) is 3. The number of carbonyl (C=O) groups is 1. The quantitative estimate of drug-likeness (QED) is 0.676. The molecule has 3 aromatic rings. The highest BCUT2D eigenvalue weighted by atomic mass is 16.5. The summed E-state index contributed by atoms with van der Waals surface area (Å²) in [6.07, 6.45) is 5.46. The summed E-state index contributed by atoms with van der Waals surface area (Å²) >= 11 is 0. The first-order valence-electron chi connectivity index (χ1n) is 9.53. The van der Waals surface area contributed by atoms with Gasteiger partial charge in [0.25, 0.3) is 0 Å². The molecule has 148 valence electrons. The lowest BCUT2D eigenvalue weighted by atomic mass is 10.0. The first-order valence-corrected chi connectivity index (χ1v) is 9.53. The van der Waals surface area contributed by atoms with Gasteiger partial charge >= 0.3 is 6.03 Å². The second kappa shape index (κ2) is 8.78. The number of hydrogen-bond acceptors (Lipinski definition) is 3. The van der Waals surface area contributed by atoms with Crippen LogP contribution in [0.15, 0.2) is 48.8 Å². The van der Waals surface area contributed by atoms with Crippen molar-refractivity contribution in [2.75, 3.05) is 20.7 Å². The molecule has 0 aliphatic rings. The van der Waals surface area contributed by atoms with Crippen LogP contribution in [0.3, 0.4) is 0 Å². The second-order valence-corrected chi connectivity index (χ2v) is 7.12. The molecule has 6 heteroatoms. The number of hydrogen-bond donors (Lipinski definition) is 1. The maximum absolute atomic E-state index is 12.5. The lowest BCUT2D eigenvalue weighted by Gasteiger charge is -2.22. The van der Waals surface area contributed by atoms with Crippen LogP contribution in [0.2, 0.25) is 0 Å². The molecule has 1 N–H and O–H groups in total. The fourth-order valence-corrected chi connectivity index (χ4v) is 3.23. The minimum atomic E-state index is -0.0732. The molecule has 2 aromatic carbocycles. The van der Waals surface area contributed by atoms with Crippen LogP contribution < -0.4 is 10.1 Å². The van der Waals surface area contributed by atoms with Crippen LogP contribution in [-0.4, -0.2) is 41.2 Å².